The van der Waals surface area contributed by atoms with Crippen molar-refractivity contribution >= 4 is 5.91 Å². The van der Waals surface area contributed by atoms with Crippen LogP contribution in [0.15, 0.2) is 24.2 Å². The predicted molar refractivity (Wildman–Crippen MR) is 38.8 cm³/mol. The van der Waals surface area contributed by atoms with E-state index in [1.54, 1.807) is 18.0 Å². The molecular weight excluding hydrogens is 128 g/mol. The van der Waals surface area contributed by atoms with Gasteiger partial charge in [-0.15, -0.1) is 0 Å². The van der Waals surface area contributed by atoms with Crippen molar-refractivity contribution < 1.29 is 4.79 Å². The molecule has 0 aliphatic carbocycles. The fourth-order valence-corrected chi connectivity index (χ4v) is 0.745. The van der Waals surface area contributed by atoms with E-state index in [4.69, 9.17) is 0 Å². The van der Waals surface area contributed by atoms with E-state index in [1.165, 1.54) is 0 Å². The monoisotopic (exact) mass is 138 g/mol. The highest BCUT2D eigenvalue weighted by Gasteiger charge is 2.13. The molecule has 1 rings (SSSR count). The third kappa shape index (κ3) is 1.03. The van der Waals surface area contributed by atoms with Crippen LogP contribution in [0.4, 0.5) is 0 Å². The summed E-state index contributed by atoms with van der Waals surface area (Å²) >= 11 is 0. The Hall–Kier alpha value is -1.25. The maximum atomic E-state index is 10.9. The highest BCUT2D eigenvalue weighted by Crippen LogP contribution is 2.06. The van der Waals surface area contributed by atoms with E-state index >= 15 is 0 Å². The van der Waals surface area contributed by atoms with Gasteiger partial charge in [0.05, 0.1) is 0 Å². The average molecular weight is 138 g/mol. The lowest BCUT2D eigenvalue weighted by atomic mass is 10.2. The van der Waals surface area contributed by atoms with Gasteiger partial charge in [0.2, 0.25) is 0 Å². The number of hydrogen-bond acceptors (Lipinski definition) is 2. The van der Waals surface area contributed by atoms with Crippen molar-refractivity contribution in [2.75, 3.05) is 7.05 Å². The molecule has 0 saturated carbocycles. The Balaban J connectivity index is 2.89. The molecule has 10 heavy (non-hydrogen) atoms. The summed E-state index contributed by atoms with van der Waals surface area (Å²) in [6, 6.07) is 0. The quantitative estimate of drug-likeness (QED) is 0.526. The first-order valence-electron chi connectivity index (χ1n) is 3.03. The minimum Gasteiger partial charge on any atom is -0.338 e. The molecule has 0 aromatic heterocycles. The number of nitrogens with one attached hydrogen (secondary N) is 1. The van der Waals surface area contributed by atoms with Crippen molar-refractivity contribution in [3.63, 3.8) is 0 Å². The molecule has 0 fully saturated rings. The van der Waals surface area contributed by atoms with E-state index in [0.717, 1.165) is 0 Å². The Bertz CT molecular complexity index is 218. The number of carbonyl (C=O) groups is 1. The number of amides is 1. The van der Waals surface area contributed by atoms with Crippen LogP contribution in [0.2, 0.25) is 0 Å². The number of hydrogen-bond donors (Lipinski definition) is 1. The highest BCUT2D eigenvalue weighted by atomic mass is 16.2. The molecule has 54 valence electrons. The number of rotatable bonds is 0. The van der Waals surface area contributed by atoms with Crippen LogP contribution in [0.1, 0.15) is 6.92 Å². The zero-order valence-corrected chi connectivity index (χ0v) is 6.14. The summed E-state index contributed by atoms with van der Waals surface area (Å²) in [7, 11) is 1.84. The molecule has 1 aliphatic heterocycles. The van der Waals surface area contributed by atoms with E-state index in [-0.39, 0.29) is 5.91 Å². The second kappa shape index (κ2) is 2.17. The van der Waals surface area contributed by atoms with Gasteiger partial charge in [-0.25, -0.2) is 0 Å². The van der Waals surface area contributed by atoms with Crippen LogP contribution >= 0.6 is 0 Å². The van der Waals surface area contributed by atoms with E-state index in [1.807, 2.05) is 7.05 Å². The fraction of sp³-hybridized carbons (Fsp3) is 0.286. The van der Waals surface area contributed by atoms with Crippen LogP contribution in [0.25, 0.3) is 0 Å². The minimum atomic E-state index is -0.0666. The summed E-state index contributed by atoms with van der Waals surface area (Å²) in [4.78, 5) is 12.7. The van der Waals surface area contributed by atoms with Crippen molar-refractivity contribution in [3.05, 3.63) is 24.2 Å². The first-order valence-corrected chi connectivity index (χ1v) is 3.03. The van der Waals surface area contributed by atoms with Crippen LogP contribution in [0, 0.1) is 0 Å². The molecule has 3 heteroatoms. The highest BCUT2D eigenvalue weighted by molar-refractivity contribution is 5.94. The molecule has 0 atom stereocenters. The second-order valence-electron chi connectivity index (χ2n) is 2.32. The maximum absolute atomic E-state index is 10.9. The van der Waals surface area contributed by atoms with Crippen molar-refractivity contribution in [3.8, 4) is 0 Å². The van der Waals surface area contributed by atoms with Gasteiger partial charge < -0.3 is 10.2 Å². The smallest absolute Gasteiger partial charge is 0.253 e. The molecule has 0 unspecified atom stereocenters. The Morgan fingerprint density at radius 1 is 1.70 bits per heavy atom. The Morgan fingerprint density at radius 2 is 2.30 bits per heavy atom. The lowest BCUT2D eigenvalue weighted by Gasteiger charge is -2.23. The maximum Gasteiger partial charge on any atom is 0.253 e. The largest absolute Gasteiger partial charge is 0.338 e. The van der Waals surface area contributed by atoms with Gasteiger partial charge in [0.15, 0.2) is 0 Å². The molecular formula is C7H10N2O. The zero-order chi connectivity index (χ0) is 7.72. The normalized spacial score (nSPS) is 18.6. The van der Waals surface area contributed by atoms with Crippen molar-refractivity contribution in [1.82, 2.24) is 10.2 Å². The SMILES string of the molecule is C=C1NC(=O)C(C)=CN1C. The van der Waals surface area contributed by atoms with E-state index in [9.17, 15) is 4.79 Å². The third-order valence-electron chi connectivity index (χ3n) is 1.43. The number of carbonyl (C=O) groups excluding carboxylic acids is 1. The lowest BCUT2D eigenvalue weighted by molar-refractivity contribution is -0.117. The second-order valence-corrected chi connectivity index (χ2v) is 2.32. The van der Waals surface area contributed by atoms with Crippen LogP contribution < -0.4 is 5.32 Å². The molecule has 1 aliphatic rings. The fourth-order valence-electron chi connectivity index (χ4n) is 0.745. The summed E-state index contributed by atoms with van der Waals surface area (Å²) in [5, 5.41) is 2.60. The first kappa shape index (κ1) is 6.86. The average Bonchev–Trinajstić information content (AvgIpc) is 1.84. The van der Waals surface area contributed by atoms with Gasteiger partial charge in [0.25, 0.3) is 5.91 Å². The van der Waals surface area contributed by atoms with E-state index < -0.39 is 0 Å². The molecule has 0 aromatic carbocycles. The third-order valence-corrected chi connectivity index (χ3v) is 1.43. The van der Waals surface area contributed by atoms with Gasteiger partial charge in [-0.3, -0.25) is 4.79 Å². The van der Waals surface area contributed by atoms with Crippen molar-refractivity contribution in [2.45, 2.75) is 6.92 Å². The molecule has 0 radical (unpaired) electrons. The molecule has 0 aromatic rings. The molecule has 0 bridgehead atoms. The van der Waals surface area contributed by atoms with Crippen molar-refractivity contribution in [1.29, 1.82) is 0 Å². The van der Waals surface area contributed by atoms with Gasteiger partial charge in [-0.2, -0.15) is 0 Å². The summed E-state index contributed by atoms with van der Waals surface area (Å²) in [5.41, 5.74) is 0.704. The van der Waals surface area contributed by atoms with Crippen molar-refractivity contribution in [2.24, 2.45) is 0 Å². The van der Waals surface area contributed by atoms with Crippen LogP contribution in [0.3, 0.4) is 0 Å². The van der Waals surface area contributed by atoms with Gasteiger partial charge in [-0.05, 0) is 6.92 Å². The van der Waals surface area contributed by atoms with E-state index in [2.05, 4.69) is 11.9 Å². The minimum absolute atomic E-state index is 0.0666. The molecule has 1 heterocycles. The molecule has 1 amide bonds. The Labute approximate surface area is 60.0 Å². The zero-order valence-electron chi connectivity index (χ0n) is 6.14. The lowest BCUT2D eigenvalue weighted by Crippen LogP contribution is -2.35. The van der Waals surface area contributed by atoms with Gasteiger partial charge in [0, 0.05) is 18.8 Å². The Kier molecular flexibility index (Phi) is 1.49. The number of nitrogens with zero attached hydrogens (tertiary/aromatic N) is 1. The van der Waals surface area contributed by atoms with E-state index in [0.29, 0.717) is 11.4 Å². The van der Waals surface area contributed by atoms with Gasteiger partial charge in [-0.1, -0.05) is 6.58 Å². The van der Waals surface area contributed by atoms with Crippen LogP contribution in [-0.2, 0) is 4.79 Å². The first-order chi connectivity index (χ1) is 4.61. The molecule has 3 nitrogen and oxygen atoms in total. The summed E-state index contributed by atoms with van der Waals surface area (Å²) in [6.07, 6.45) is 1.75. The molecule has 0 saturated heterocycles. The molecule has 1 N–H and O–H groups in total. The summed E-state index contributed by atoms with van der Waals surface area (Å²) in [6.45, 7) is 5.39. The van der Waals surface area contributed by atoms with Crippen LogP contribution in [-0.4, -0.2) is 17.9 Å². The Morgan fingerprint density at radius 3 is 2.80 bits per heavy atom. The van der Waals surface area contributed by atoms with Crippen LogP contribution in [0.5, 0.6) is 0 Å². The summed E-state index contributed by atoms with van der Waals surface area (Å²) < 4.78 is 0. The van der Waals surface area contributed by atoms with Gasteiger partial charge >= 0.3 is 0 Å². The summed E-state index contributed by atoms with van der Waals surface area (Å²) in [5.74, 6) is 0.554. The predicted octanol–water partition coefficient (Wildman–Crippen LogP) is 0.423. The topological polar surface area (TPSA) is 32.3 Å². The standard InChI is InChI=1S/C7H10N2O/c1-5-4-9(3)6(2)8-7(5)10/h4H,2H2,1,3H3,(H,8,10). The van der Waals surface area contributed by atoms with Gasteiger partial charge in [0.1, 0.15) is 5.82 Å². The molecule has 0 spiro atoms.